The molecule has 1 aliphatic heterocycles. The van der Waals surface area contributed by atoms with Gasteiger partial charge in [0.1, 0.15) is 11.4 Å². The molecule has 1 fully saturated rings. The van der Waals surface area contributed by atoms with Gasteiger partial charge in [0, 0.05) is 31.0 Å². The van der Waals surface area contributed by atoms with Crippen LogP contribution in [0, 0.1) is 5.82 Å². The van der Waals surface area contributed by atoms with Crippen molar-refractivity contribution in [2.45, 2.75) is 83.9 Å². The number of carbonyl (C=O) groups excluding carboxylic acids is 1. The molecular formula is C34H42FN3O6S. The van der Waals surface area contributed by atoms with Gasteiger partial charge in [0.05, 0.1) is 36.3 Å². The largest absolute Gasteiger partial charge is 0.460 e. The Balaban J connectivity index is 1.73. The van der Waals surface area contributed by atoms with E-state index in [1.54, 1.807) is 12.1 Å². The Bertz CT molecular complexity index is 1610. The number of aromatic nitrogens is 2. The summed E-state index contributed by atoms with van der Waals surface area (Å²) in [5.74, 6) is -0.853. The highest BCUT2D eigenvalue weighted by atomic mass is 32.2. The number of sulfonamides is 1. The molecule has 3 unspecified atom stereocenters. The molecule has 1 aliphatic rings. The number of rotatable bonds is 10. The van der Waals surface area contributed by atoms with Gasteiger partial charge in [0.2, 0.25) is 16.0 Å². The third-order valence-corrected chi connectivity index (χ3v) is 8.27. The minimum Gasteiger partial charge on any atom is -0.460 e. The van der Waals surface area contributed by atoms with Crippen LogP contribution in [0.4, 0.5) is 10.3 Å². The summed E-state index contributed by atoms with van der Waals surface area (Å²) in [5.41, 5.74) is 2.73. The van der Waals surface area contributed by atoms with Crippen molar-refractivity contribution < 1.29 is 31.8 Å². The summed E-state index contributed by atoms with van der Waals surface area (Å²) in [6.45, 7) is 9.38. The Hall–Kier alpha value is -3.67. The monoisotopic (exact) mass is 639 g/mol. The molecule has 0 N–H and O–H groups in total. The highest BCUT2D eigenvalue weighted by molar-refractivity contribution is 7.92. The fraction of sp³-hybridized carbons (Fsp3) is 0.441. The van der Waals surface area contributed by atoms with Crippen molar-refractivity contribution in [2.75, 3.05) is 17.6 Å². The number of halogens is 1. The van der Waals surface area contributed by atoms with Crippen LogP contribution in [0.2, 0.25) is 0 Å². The van der Waals surface area contributed by atoms with Gasteiger partial charge in [-0.15, -0.1) is 0 Å². The first-order valence-corrected chi connectivity index (χ1v) is 16.8. The average molecular weight is 640 g/mol. The summed E-state index contributed by atoms with van der Waals surface area (Å²) in [7, 11) is -2.25. The number of ether oxygens (including phenoxy) is 3. The molecule has 3 aromatic rings. The van der Waals surface area contributed by atoms with Gasteiger partial charge in [-0.05, 0) is 56.5 Å². The predicted molar refractivity (Wildman–Crippen MR) is 173 cm³/mol. The maximum absolute atomic E-state index is 13.9. The minimum atomic E-state index is -3.65. The Morgan fingerprint density at radius 3 is 2.36 bits per heavy atom. The van der Waals surface area contributed by atoms with Gasteiger partial charge in [0.15, 0.2) is 6.29 Å². The molecule has 0 radical (unpaired) electrons. The summed E-state index contributed by atoms with van der Waals surface area (Å²) >= 11 is 0. The van der Waals surface area contributed by atoms with E-state index in [4.69, 9.17) is 14.2 Å². The maximum Gasteiger partial charge on any atom is 0.308 e. The second kappa shape index (κ2) is 14.2. The first-order chi connectivity index (χ1) is 21.1. The van der Waals surface area contributed by atoms with E-state index in [1.807, 2.05) is 77.1 Å². The summed E-state index contributed by atoms with van der Waals surface area (Å²) < 4.78 is 57.8. The molecule has 0 aliphatic carbocycles. The van der Waals surface area contributed by atoms with Crippen LogP contribution in [-0.4, -0.2) is 61.8 Å². The number of carbonyl (C=O) groups is 1. The number of esters is 1. The highest BCUT2D eigenvalue weighted by Crippen LogP contribution is 2.33. The smallest absolute Gasteiger partial charge is 0.308 e. The molecule has 0 spiro atoms. The van der Waals surface area contributed by atoms with Crippen molar-refractivity contribution >= 4 is 28.0 Å². The number of hydrogen-bond acceptors (Lipinski definition) is 8. The lowest BCUT2D eigenvalue weighted by Gasteiger charge is -2.35. The second-order valence-corrected chi connectivity index (χ2v) is 14.5. The van der Waals surface area contributed by atoms with Crippen LogP contribution in [0.25, 0.3) is 17.3 Å². The van der Waals surface area contributed by atoms with Crippen LogP contribution >= 0.6 is 0 Å². The lowest BCUT2D eigenvalue weighted by molar-refractivity contribution is -0.233. The zero-order valence-corrected chi connectivity index (χ0v) is 27.7. The predicted octanol–water partition coefficient (Wildman–Crippen LogP) is 6.29. The molecule has 0 amide bonds. The number of nitrogens with zero attached hydrogens (tertiary/aromatic N) is 3. The van der Waals surface area contributed by atoms with Crippen molar-refractivity contribution in [1.29, 1.82) is 0 Å². The molecule has 9 nitrogen and oxygen atoms in total. The van der Waals surface area contributed by atoms with Gasteiger partial charge in [-0.25, -0.2) is 27.1 Å². The molecule has 0 saturated carbocycles. The van der Waals surface area contributed by atoms with E-state index < -0.39 is 39.9 Å². The van der Waals surface area contributed by atoms with Gasteiger partial charge in [0.25, 0.3) is 0 Å². The van der Waals surface area contributed by atoms with Crippen LogP contribution in [-0.2, 0) is 35.4 Å². The fourth-order valence-electron chi connectivity index (χ4n) is 4.94. The van der Waals surface area contributed by atoms with Crippen molar-refractivity contribution in [3.8, 4) is 11.3 Å². The van der Waals surface area contributed by atoms with E-state index in [0.29, 0.717) is 35.4 Å². The molecule has 242 valence electrons. The van der Waals surface area contributed by atoms with Crippen molar-refractivity contribution in [3.63, 3.8) is 0 Å². The van der Waals surface area contributed by atoms with Crippen LogP contribution in [0.5, 0.6) is 0 Å². The van der Waals surface area contributed by atoms with E-state index in [0.717, 1.165) is 16.1 Å². The third kappa shape index (κ3) is 9.66. The number of anilines is 1. The van der Waals surface area contributed by atoms with Gasteiger partial charge < -0.3 is 14.2 Å². The molecule has 2 heterocycles. The standard InChI is InChI=1S/C34H42FN3O6S/c1-22(2)31-28(32(24-13-15-25(35)16-14-24)37-33(36-31)38(6)45(7,40)41)18-17-26-20-27(21-29(39)44-34(3,4)5)43-30(42-26)19-23-11-9-8-10-12-23/h8-18,22,26-27,30H,19-21H2,1-7H3/b18-17+. The Labute approximate surface area is 265 Å². The zero-order chi connectivity index (χ0) is 32.9. The quantitative estimate of drug-likeness (QED) is 0.238. The van der Waals surface area contributed by atoms with Crippen molar-refractivity contribution in [1.82, 2.24) is 9.97 Å². The normalized spacial score (nSPS) is 19.2. The molecule has 3 atom stereocenters. The first-order valence-electron chi connectivity index (χ1n) is 15.0. The molecule has 1 saturated heterocycles. The molecule has 0 bridgehead atoms. The van der Waals surface area contributed by atoms with E-state index in [1.165, 1.54) is 19.2 Å². The Morgan fingerprint density at radius 2 is 1.76 bits per heavy atom. The van der Waals surface area contributed by atoms with Gasteiger partial charge in [-0.2, -0.15) is 0 Å². The molecule has 45 heavy (non-hydrogen) atoms. The van der Waals surface area contributed by atoms with E-state index >= 15 is 0 Å². The highest BCUT2D eigenvalue weighted by Gasteiger charge is 2.32. The molecule has 1 aromatic heterocycles. The van der Waals surface area contributed by atoms with Crippen LogP contribution in [0.3, 0.4) is 0 Å². The summed E-state index contributed by atoms with van der Waals surface area (Å²) in [6, 6.07) is 15.7. The summed E-state index contributed by atoms with van der Waals surface area (Å²) in [6.07, 6.45) is 4.32. The van der Waals surface area contributed by atoms with E-state index in [9.17, 15) is 17.6 Å². The minimum absolute atomic E-state index is 0.0142. The van der Waals surface area contributed by atoms with Gasteiger partial charge in [-0.3, -0.25) is 4.79 Å². The summed E-state index contributed by atoms with van der Waals surface area (Å²) in [5, 5.41) is 0. The van der Waals surface area contributed by atoms with Crippen molar-refractivity contribution in [3.05, 3.63) is 83.3 Å². The topological polar surface area (TPSA) is 108 Å². The van der Waals surface area contributed by atoms with E-state index in [2.05, 4.69) is 9.97 Å². The summed E-state index contributed by atoms with van der Waals surface area (Å²) in [4.78, 5) is 22.0. The Morgan fingerprint density at radius 1 is 1.09 bits per heavy atom. The first kappa shape index (κ1) is 34.2. The maximum atomic E-state index is 13.9. The number of hydrogen-bond donors (Lipinski definition) is 0. The number of benzene rings is 2. The third-order valence-electron chi connectivity index (χ3n) is 7.11. The zero-order valence-electron chi connectivity index (χ0n) is 26.9. The SMILES string of the molecule is CC(C)c1nc(N(C)S(C)(=O)=O)nc(-c2ccc(F)cc2)c1/C=C/C1CC(CC(=O)OC(C)(C)C)OC(Cc2ccccc2)O1. The molecule has 2 aromatic carbocycles. The molecule has 4 rings (SSSR count). The van der Waals surface area contributed by atoms with Crippen LogP contribution in [0.15, 0.2) is 60.7 Å². The van der Waals surface area contributed by atoms with E-state index in [-0.39, 0.29) is 24.3 Å². The lowest BCUT2D eigenvalue weighted by Crippen LogP contribution is -2.40. The van der Waals surface area contributed by atoms with Crippen molar-refractivity contribution in [2.24, 2.45) is 0 Å². The van der Waals surface area contributed by atoms with Crippen LogP contribution < -0.4 is 4.31 Å². The second-order valence-electron chi connectivity index (χ2n) is 12.5. The van der Waals surface area contributed by atoms with Gasteiger partial charge in [-0.1, -0.05) is 56.3 Å². The Kier molecular flexibility index (Phi) is 10.8. The van der Waals surface area contributed by atoms with Crippen LogP contribution in [0.1, 0.15) is 70.2 Å². The fourth-order valence-corrected chi connectivity index (χ4v) is 5.32. The lowest BCUT2D eigenvalue weighted by atomic mass is 9.97. The molecular weight excluding hydrogens is 597 g/mol. The van der Waals surface area contributed by atoms with Gasteiger partial charge >= 0.3 is 5.97 Å². The average Bonchev–Trinajstić information content (AvgIpc) is 2.94. The molecule has 11 heteroatoms.